The first kappa shape index (κ1) is 14.0. The zero-order chi connectivity index (χ0) is 14.5. The Morgan fingerprint density at radius 2 is 2.00 bits per heavy atom. The van der Waals surface area contributed by atoms with Crippen LogP contribution in [0.4, 0.5) is 0 Å². The minimum absolute atomic E-state index is 0.178. The number of carboxylic acids is 1. The highest BCUT2D eigenvalue weighted by molar-refractivity contribution is 5.83. The van der Waals surface area contributed by atoms with Gasteiger partial charge in [0.25, 0.3) is 5.82 Å². The monoisotopic (exact) mass is 275 g/mol. The van der Waals surface area contributed by atoms with Crippen LogP contribution in [-0.4, -0.2) is 32.4 Å². The molecule has 0 saturated carbocycles. The molecule has 2 aromatic rings. The smallest absolute Gasteiger partial charge is 0.375 e. The maximum absolute atomic E-state index is 11.0. The van der Waals surface area contributed by atoms with Crippen molar-refractivity contribution < 1.29 is 14.6 Å². The maximum Gasteiger partial charge on any atom is 0.375 e. The molecule has 0 saturated heterocycles. The maximum atomic E-state index is 11.0. The molecule has 0 unspecified atom stereocenters. The van der Waals surface area contributed by atoms with E-state index in [1.807, 2.05) is 38.1 Å². The molecule has 0 fully saturated rings. The first-order valence-corrected chi connectivity index (χ1v) is 6.58. The highest BCUT2D eigenvalue weighted by atomic mass is 16.5. The Kier molecular flexibility index (Phi) is 4.34. The summed E-state index contributed by atoms with van der Waals surface area (Å²) >= 11 is 0. The molecule has 6 nitrogen and oxygen atoms in total. The van der Waals surface area contributed by atoms with Gasteiger partial charge in [0.15, 0.2) is 0 Å². The fourth-order valence-electron chi connectivity index (χ4n) is 1.88. The lowest BCUT2D eigenvalue weighted by atomic mass is 10.3. The Morgan fingerprint density at radius 3 is 2.55 bits per heavy atom. The summed E-state index contributed by atoms with van der Waals surface area (Å²) in [7, 11) is 0. The summed E-state index contributed by atoms with van der Waals surface area (Å²) in [6.45, 7) is 4.54. The number of carboxylic acid groups (broad SMARTS) is 1. The molecule has 0 aliphatic carbocycles. The molecule has 1 aromatic heterocycles. The summed E-state index contributed by atoms with van der Waals surface area (Å²) in [6, 6.07) is 7.34. The minimum atomic E-state index is -1.12. The second-order valence-electron chi connectivity index (χ2n) is 4.25. The van der Waals surface area contributed by atoms with Crippen molar-refractivity contribution in [2.75, 3.05) is 6.61 Å². The molecule has 1 heterocycles. The van der Waals surface area contributed by atoms with E-state index in [0.29, 0.717) is 18.9 Å². The fourth-order valence-corrected chi connectivity index (χ4v) is 1.88. The van der Waals surface area contributed by atoms with Crippen LogP contribution in [0, 0.1) is 0 Å². The van der Waals surface area contributed by atoms with Gasteiger partial charge in [-0.2, -0.15) is 0 Å². The second-order valence-corrected chi connectivity index (χ2v) is 4.25. The third kappa shape index (κ3) is 2.96. The first-order chi connectivity index (χ1) is 9.65. The lowest BCUT2D eigenvalue weighted by Crippen LogP contribution is -2.04. The number of carbonyl (C=O) groups is 1. The van der Waals surface area contributed by atoms with Gasteiger partial charge in [-0.3, -0.25) is 0 Å². The molecule has 20 heavy (non-hydrogen) atoms. The van der Waals surface area contributed by atoms with Gasteiger partial charge >= 0.3 is 5.97 Å². The molecule has 0 bridgehead atoms. The van der Waals surface area contributed by atoms with Gasteiger partial charge in [0.2, 0.25) is 0 Å². The van der Waals surface area contributed by atoms with Crippen molar-refractivity contribution in [3.05, 3.63) is 35.9 Å². The van der Waals surface area contributed by atoms with Gasteiger partial charge in [-0.15, -0.1) is 5.10 Å². The highest BCUT2D eigenvalue weighted by Crippen LogP contribution is 2.17. The summed E-state index contributed by atoms with van der Waals surface area (Å²) in [5, 5.41) is 13.0. The van der Waals surface area contributed by atoms with Crippen molar-refractivity contribution in [1.82, 2.24) is 14.8 Å². The molecule has 0 spiro atoms. The average molecular weight is 275 g/mol. The fraction of sp³-hybridized carbons (Fsp3) is 0.357. The van der Waals surface area contributed by atoms with E-state index in [9.17, 15) is 4.79 Å². The summed E-state index contributed by atoms with van der Waals surface area (Å²) < 4.78 is 6.95. The molecule has 2 rings (SSSR count). The third-order valence-electron chi connectivity index (χ3n) is 2.73. The van der Waals surface area contributed by atoms with Crippen molar-refractivity contribution in [1.29, 1.82) is 0 Å². The van der Waals surface area contributed by atoms with Gasteiger partial charge in [0.1, 0.15) is 11.6 Å². The van der Waals surface area contributed by atoms with Gasteiger partial charge < -0.3 is 9.84 Å². The van der Waals surface area contributed by atoms with E-state index < -0.39 is 5.97 Å². The number of hydrogen-bond acceptors (Lipinski definition) is 4. The van der Waals surface area contributed by atoms with Gasteiger partial charge in [0.05, 0.1) is 12.3 Å². The number of benzene rings is 1. The molecule has 0 aliphatic heterocycles. The van der Waals surface area contributed by atoms with E-state index in [-0.39, 0.29) is 5.82 Å². The highest BCUT2D eigenvalue weighted by Gasteiger charge is 2.15. The molecule has 1 aromatic carbocycles. The number of aromatic carboxylic acids is 1. The molecule has 0 amide bonds. The zero-order valence-corrected chi connectivity index (χ0v) is 11.5. The zero-order valence-electron chi connectivity index (χ0n) is 11.5. The lowest BCUT2D eigenvalue weighted by Gasteiger charge is -2.07. The van der Waals surface area contributed by atoms with Crippen LogP contribution in [0.5, 0.6) is 5.75 Å². The van der Waals surface area contributed by atoms with Crippen LogP contribution < -0.4 is 4.74 Å². The first-order valence-electron chi connectivity index (χ1n) is 6.58. The summed E-state index contributed by atoms with van der Waals surface area (Å²) in [6.07, 6.45) is 1.54. The summed E-state index contributed by atoms with van der Waals surface area (Å²) in [5.74, 6) is 0.121. The summed E-state index contributed by atoms with van der Waals surface area (Å²) in [4.78, 5) is 15.0. The van der Waals surface area contributed by atoms with Gasteiger partial charge in [-0.1, -0.05) is 6.92 Å². The molecule has 6 heteroatoms. The molecule has 0 aliphatic rings. The SMILES string of the molecule is CCCc1nc(C(=O)O)nn1-c1ccc(OCC)cc1. The van der Waals surface area contributed by atoms with Crippen LogP contribution in [0.3, 0.4) is 0 Å². The normalized spacial score (nSPS) is 10.5. The predicted molar refractivity (Wildman–Crippen MR) is 73.5 cm³/mol. The molecule has 0 atom stereocenters. The topological polar surface area (TPSA) is 77.2 Å². The van der Waals surface area contributed by atoms with E-state index >= 15 is 0 Å². The van der Waals surface area contributed by atoms with Gasteiger partial charge in [0, 0.05) is 6.42 Å². The molecular weight excluding hydrogens is 258 g/mol. The number of hydrogen-bond donors (Lipinski definition) is 1. The Bertz CT molecular complexity index is 590. The number of nitrogens with zero attached hydrogens (tertiary/aromatic N) is 3. The predicted octanol–water partition coefficient (Wildman–Crippen LogP) is 2.32. The number of ether oxygens (including phenoxy) is 1. The number of aromatic nitrogens is 3. The van der Waals surface area contributed by atoms with Crippen molar-refractivity contribution in [3.8, 4) is 11.4 Å². The Balaban J connectivity index is 2.36. The molecule has 1 N–H and O–H groups in total. The van der Waals surface area contributed by atoms with Crippen LogP contribution in [0.2, 0.25) is 0 Å². The van der Waals surface area contributed by atoms with Crippen molar-refractivity contribution in [3.63, 3.8) is 0 Å². The Labute approximate surface area is 117 Å². The average Bonchev–Trinajstić information content (AvgIpc) is 2.85. The Morgan fingerprint density at radius 1 is 1.30 bits per heavy atom. The van der Waals surface area contributed by atoms with E-state index in [1.165, 1.54) is 0 Å². The second kappa shape index (κ2) is 6.18. The largest absolute Gasteiger partial charge is 0.494 e. The standard InChI is InChI=1S/C14H17N3O3/c1-3-5-12-15-13(14(18)19)16-17(12)10-6-8-11(9-7-10)20-4-2/h6-9H,3-5H2,1-2H3,(H,18,19). The molecular formula is C14H17N3O3. The van der Waals surface area contributed by atoms with E-state index in [1.54, 1.807) is 4.68 Å². The van der Waals surface area contributed by atoms with E-state index in [4.69, 9.17) is 9.84 Å². The van der Waals surface area contributed by atoms with E-state index in [0.717, 1.165) is 17.9 Å². The van der Waals surface area contributed by atoms with Crippen molar-refractivity contribution in [2.24, 2.45) is 0 Å². The molecule has 0 radical (unpaired) electrons. The Hall–Kier alpha value is -2.37. The molecule has 106 valence electrons. The minimum Gasteiger partial charge on any atom is -0.494 e. The van der Waals surface area contributed by atoms with Crippen molar-refractivity contribution >= 4 is 5.97 Å². The quantitative estimate of drug-likeness (QED) is 0.875. The van der Waals surface area contributed by atoms with Crippen LogP contribution >= 0.6 is 0 Å². The van der Waals surface area contributed by atoms with Gasteiger partial charge in [-0.25, -0.2) is 14.5 Å². The van der Waals surface area contributed by atoms with Crippen molar-refractivity contribution in [2.45, 2.75) is 26.7 Å². The lowest BCUT2D eigenvalue weighted by molar-refractivity contribution is 0.0683. The van der Waals surface area contributed by atoms with Crippen LogP contribution in [0.25, 0.3) is 5.69 Å². The van der Waals surface area contributed by atoms with Crippen LogP contribution in [0.1, 0.15) is 36.7 Å². The van der Waals surface area contributed by atoms with Crippen LogP contribution in [0.15, 0.2) is 24.3 Å². The third-order valence-corrected chi connectivity index (χ3v) is 2.73. The van der Waals surface area contributed by atoms with Crippen LogP contribution in [-0.2, 0) is 6.42 Å². The number of rotatable bonds is 6. The van der Waals surface area contributed by atoms with Gasteiger partial charge in [-0.05, 0) is 37.6 Å². The summed E-state index contributed by atoms with van der Waals surface area (Å²) in [5.41, 5.74) is 0.775. The number of aryl methyl sites for hydroxylation is 1. The van der Waals surface area contributed by atoms with E-state index in [2.05, 4.69) is 10.1 Å².